The highest BCUT2D eigenvalue weighted by Crippen LogP contribution is 2.25. The molecule has 2 unspecified atom stereocenters. The van der Waals surface area contributed by atoms with Crippen LogP contribution in [0.25, 0.3) is 11.1 Å². The lowest BCUT2D eigenvalue weighted by molar-refractivity contribution is -0.146. The standard InChI is InChI=1S/C27H23F2NO5/c28-22-11-10-18(15-23(22)29)17-8-5-16(6-9-17)7-12-24(31)21(27(34)35)13-14-30-25(32)19-3-1-2-4-20(19)26(30)33/h1-6,8-11,15,21,24,31H,7,12-14H2,(H,34,35). The number of hydrogen-bond donors (Lipinski definition) is 2. The maximum Gasteiger partial charge on any atom is 0.309 e. The molecule has 0 saturated heterocycles. The van der Waals surface area contributed by atoms with E-state index in [1.807, 2.05) is 0 Å². The molecule has 3 aromatic carbocycles. The van der Waals surface area contributed by atoms with Gasteiger partial charge in [-0.15, -0.1) is 0 Å². The zero-order chi connectivity index (χ0) is 25.1. The molecule has 0 radical (unpaired) electrons. The van der Waals surface area contributed by atoms with E-state index in [-0.39, 0.29) is 30.5 Å². The molecule has 2 amide bonds. The summed E-state index contributed by atoms with van der Waals surface area (Å²) in [6.07, 6.45) is -0.718. The van der Waals surface area contributed by atoms with Crippen LogP contribution in [-0.4, -0.2) is 45.5 Å². The minimum atomic E-state index is -1.21. The Hall–Kier alpha value is -3.91. The highest BCUT2D eigenvalue weighted by atomic mass is 19.2. The van der Waals surface area contributed by atoms with Crippen molar-refractivity contribution in [1.29, 1.82) is 0 Å². The van der Waals surface area contributed by atoms with Crippen molar-refractivity contribution in [3.63, 3.8) is 0 Å². The predicted molar refractivity (Wildman–Crippen MR) is 124 cm³/mol. The van der Waals surface area contributed by atoms with Crippen molar-refractivity contribution < 1.29 is 33.4 Å². The number of aryl methyl sites for hydroxylation is 1. The molecular weight excluding hydrogens is 456 g/mol. The maximum absolute atomic E-state index is 13.5. The van der Waals surface area contributed by atoms with Gasteiger partial charge in [0.2, 0.25) is 0 Å². The third kappa shape index (κ3) is 5.12. The fourth-order valence-electron chi connectivity index (χ4n) is 4.25. The first kappa shape index (κ1) is 24.2. The number of aliphatic hydroxyl groups excluding tert-OH is 1. The second-order valence-corrected chi connectivity index (χ2v) is 8.47. The smallest absolute Gasteiger partial charge is 0.309 e. The van der Waals surface area contributed by atoms with Crippen LogP contribution in [0, 0.1) is 17.6 Å². The quantitative estimate of drug-likeness (QED) is 0.446. The Labute approximate surface area is 200 Å². The summed E-state index contributed by atoms with van der Waals surface area (Å²) in [6.45, 7) is -0.108. The number of nitrogens with zero attached hydrogens (tertiary/aromatic N) is 1. The van der Waals surface area contributed by atoms with Gasteiger partial charge in [0.1, 0.15) is 0 Å². The van der Waals surface area contributed by atoms with E-state index >= 15 is 0 Å². The summed E-state index contributed by atoms with van der Waals surface area (Å²) >= 11 is 0. The molecule has 1 heterocycles. The first-order valence-electron chi connectivity index (χ1n) is 11.2. The maximum atomic E-state index is 13.5. The number of aliphatic hydroxyl groups is 1. The van der Waals surface area contributed by atoms with E-state index in [9.17, 15) is 33.4 Å². The highest BCUT2D eigenvalue weighted by molar-refractivity contribution is 6.21. The minimum absolute atomic E-state index is 0.0724. The molecule has 2 atom stereocenters. The van der Waals surface area contributed by atoms with E-state index in [1.54, 1.807) is 48.5 Å². The van der Waals surface area contributed by atoms with Crippen molar-refractivity contribution in [3.8, 4) is 11.1 Å². The first-order valence-corrected chi connectivity index (χ1v) is 11.2. The van der Waals surface area contributed by atoms with Crippen LogP contribution in [0.2, 0.25) is 0 Å². The number of hydrogen-bond acceptors (Lipinski definition) is 4. The number of carbonyl (C=O) groups is 3. The van der Waals surface area contributed by atoms with Crippen molar-refractivity contribution in [2.45, 2.75) is 25.4 Å². The molecule has 1 aliphatic heterocycles. The van der Waals surface area contributed by atoms with Gasteiger partial charge in [-0.1, -0.05) is 42.5 Å². The molecule has 0 aliphatic carbocycles. The predicted octanol–water partition coefficient (Wildman–Crippen LogP) is 4.31. The van der Waals surface area contributed by atoms with Gasteiger partial charge in [0.15, 0.2) is 11.6 Å². The molecule has 6 nitrogen and oxygen atoms in total. The van der Waals surface area contributed by atoms with Gasteiger partial charge in [-0.05, 0) is 60.2 Å². The highest BCUT2D eigenvalue weighted by Gasteiger charge is 2.36. The largest absolute Gasteiger partial charge is 0.481 e. The Morgan fingerprint density at radius 3 is 2.00 bits per heavy atom. The number of imide groups is 1. The molecule has 0 fully saturated rings. The lowest BCUT2D eigenvalue weighted by Crippen LogP contribution is -2.36. The number of carboxylic acid groups (broad SMARTS) is 1. The Balaban J connectivity index is 1.35. The van der Waals surface area contributed by atoms with Crippen LogP contribution >= 0.6 is 0 Å². The number of benzene rings is 3. The van der Waals surface area contributed by atoms with Gasteiger partial charge < -0.3 is 10.2 Å². The van der Waals surface area contributed by atoms with E-state index in [0.29, 0.717) is 17.5 Å². The van der Waals surface area contributed by atoms with Crippen LogP contribution in [0.15, 0.2) is 66.7 Å². The van der Waals surface area contributed by atoms with Gasteiger partial charge in [-0.3, -0.25) is 19.3 Å². The third-order valence-corrected chi connectivity index (χ3v) is 6.26. The van der Waals surface area contributed by atoms with Crippen molar-refractivity contribution in [2.24, 2.45) is 5.92 Å². The Bertz CT molecular complexity index is 1240. The van der Waals surface area contributed by atoms with Crippen LogP contribution < -0.4 is 0 Å². The molecule has 0 saturated carbocycles. The molecular formula is C27H23F2NO5. The molecule has 0 bridgehead atoms. The second kappa shape index (κ2) is 10.1. The van der Waals surface area contributed by atoms with Gasteiger partial charge in [0.05, 0.1) is 23.1 Å². The summed E-state index contributed by atoms with van der Waals surface area (Å²) in [4.78, 5) is 37.8. The molecule has 0 aromatic heterocycles. The van der Waals surface area contributed by atoms with Crippen molar-refractivity contribution in [2.75, 3.05) is 6.54 Å². The monoisotopic (exact) mass is 479 g/mol. The van der Waals surface area contributed by atoms with Gasteiger partial charge in [-0.2, -0.15) is 0 Å². The Kier molecular flexibility index (Phi) is 7.02. The van der Waals surface area contributed by atoms with Crippen molar-refractivity contribution in [1.82, 2.24) is 4.90 Å². The average Bonchev–Trinajstić information content (AvgIpc) is 3.09. The number of rotatable bonds is 9. The van der Waals surface area contributed by atoms with Crippen molar-refractivity contribution in [3.05, 3.63) is 95.1 Å². The molecule has 0 spiro atoms. The van der Waals surface area contributed by atoms with E-state index in [4.69, 9.17) is 0 Å². The topological polar surface area (TPSA) is 94.9 Å². The van der Waals surface area contributed by atoms with Gasteiger partial charge in [0.25, 0.3) is 11.8 Å². The number of fused-ring (bicyclic) bond motifs is 1. The van der Waals surface area contributed by atoms with E-state index in [0.717, 1.165) is 22.6 Å². The first-order chi connectivity index (χ1) is 16.8. The fourth-order valence-corrected chi connectivity index (χ4v) is 4.25. The number of aliphatic carboxylic acids is 1. The molecule has 2 N–H and O–H groups in total. The zero-order valence-corrected chi connectivity index (χ0v) is 18.7. The molecule has 35 heavy (non-hydrogen) atoms. The Morgan fingerprint density at radius 2 is 1.43 bits per heavy atom. The summed E-state index contributed by atoms with van der Waals surface area (Å²) in [5.41, 5.74) is 2.63. The minimum Gasteiger partial charge on any atom is -0.481 e. The second-order valence-electron chi connectivity index (χ2n) is 8.47. The number of carbonyl (C=O) groups excluding carboxylic acids is 2. The summed E-state index contributed by atoms with van der Waals surface area (Å²) < 4.78 is 26.6. The van der Waals surface area contributed by atoms with E-state index in [2.05, 4.69) is 0 Å². The van der Waals surface area contributed by atoms with E-state index < -0.39 is 41.4 Å². The average molecular weight is 479 g/mol. The molecule has 180 valence electrons. The summed E-state index contributed by atoms with van der Waals surface area (Å²) in [6, 6.07) is 17.1. The van der Waals surface area contributed by atoms with Crippen LogP contribution in [0.3, 0.4) is 0 Å². The van der Waals surface area contributed by atoms with Crippen LogP contribution in [0.5, 0.6) is 0 Å². The number of carboxylic acids is 1. The number of amides is 2. The van der Waals surface area contributed by atoms with Crippen LogP contribution in [0.4, 0.5) is 8.78 Å². The van der Waals surface area contributed by atoms with Crippen LogP contribution in [-0.2, 0) is 11.2 Å². The molecule has 8 heteroatoms. The normalized spacial score (nSPS) is 14.7. The van der Waals surface area contributed by atoms with Crippen molar-refractivity contribution >= 4 is 17.8 Å². The zero-order valence-electron chi connectivity index (χ0n) is 18.7. The summed E-state index contributed by atoms with van der Waals surface area (Å²) in [5, 5.41) is 20.2. The lowest BCUT2D eigenvalue weighted by Gasteiger charge is -2.22. The SMILES string of the molecule is O=C(O)C(CCN1C(=O)c2ccccc2C1=O)C(O)CCc1ccc(-c2ccc(F)c(F)c2)cc1. The molecule has 1 aliphatic rings. The van der Waals surface area contributed by atoms with Crippen LogP contribution in [0.1, 0.15) is 39.1 Å². The van der Waals surface area contributed by atoms with Gasteiger partial charge in [0, 0.05) is 6.54 Å². The van der Waals surface area contributed by atoms with Gasteiger partial charge in [-0.25, -0.2) is 8.78 Å². The number of halogens is 2. The molecule has 4 rings (SSSR count). The van der Waals surface area contributed by atoms with Gasteiger partial charge >= 0.3 is 5.97 Å². The van der Waals surface area contributed by atoms with E-state index in [1.165, 1.54) is 6.07 Å². The fraction of sp³-hybridized carbons (Fsp3) is 0.222. The summed E-state index contributed by atoms with van der Waals surface area (Å²) in [5.74, 6) is -5.15. The summed E-state index contributed by atoms with van der Waals surface area (Å²) in [7, 11) is 0. The lowest BCUT2D eigenvalue weighted by atomic mass is 9.93. The Morgan fingerprint density at radius 1 is 0.829 bits per heavy atom. The third-order valence-electron chi connectivity index (χ3n) is 6.26. The molecule has 3 aromatic rings.